The minimum absolute atomic E-state index is 0.219. The molecule has 6 nitrogen and oxygen atoms in total. The maximum Gasteiger partial charge on any atom is 0.226 e. The number of hydrogen-bond donors (Lipinski definition) is 1. The molecule has 0 amide bonds. The topological polar surface area (TPSA) is 66.8 Å². The second-order valence-corrected chi connectivity index (χ2v) is 7.07. The lowest BCUT2D eigenvalue weighted by Gasteiger charge is -2.25. The van der Waals surface area contributed by atoms with Gasteiger partial charge in [0.05, 0.1) is 23.6 Å². The van der Waals surface area contributed by atoms with Crippen molar-refractivity contribution < 1.29 is 0 Å². The van der Waals surface area contributed by atoms with Crippen molar-refractivity contribution in [1.29, 1.82) is 0 Å². The van der Waals surface area contributed by atoms with E-state index in [1.165, 1.54) is 0 Å². The molecule has 1 N–H and O–H groups in total. The Kier molecular flexibility index (Phi) is 4.71. The zero-order valence-corrected chi connectivity index (χ0v) is 16.0. The van der Waals surface area contributed by atoms with Crippen molar-refractivity contribution >= 4 is 17.5 Å². The molecular formula is C21H24N6. The average Bonchev–Trinajstić information content (AvgIpc) is 3.13. The minimum Gasteiger partial charge on any atom is -0.339 e. The fraction of sp³-hybridized carbons (Fsp3) is 0.333. The van der Waals surface area contributed by atoms with Gasteiger partial charge in [-0.15, -0.1) is 0 Å². The van der Waals surface area contributed by atoms with Crippen LogP contribution in [-0.2, 0) is 0 Å². The molecule has 1 aliphatic heterocycles. The second kappa shape index (κ2) is 7.31. The first-order valence-corrected chi connectivity index (χ1v) is 9.34. The molecule has 1 atom stereocenters. The summed E-state index contributed by atoms with van der Waals surface area (Å²) in [7, 11) is 0. The zero-order chi connectivity index (χ0) is 18.8. The molecule has 0 saturated carbocycles. The van der Waals surface area contributed by atoms with Gasteiger partial charge in [0.1, 0.15) is 5.82 Å². The third kappa shape index (κ3) is 3.74. The van der Waals surface area contributed by atoms with Crippen LogP contribution in [0.5, 0.6) is 0 Å². The Balaban J connectivity index is 1.55. The van der Waals surface area contributed by atoms with Gasteiger partial charge in [0, 0.05) is 24.1 Å². The molecule has 1 aliphatic rings. The van der Waals surface area contributed by atoms with Gasteiger partial charge in [0.15, 0.2) is 0 Å². The number of pyridine rings is 2. The van der Waals surface area contributed by atoms with Crippen LogP contribution in [0.1, 0.15) is 41.5 Å². The Morgan fingerprint density at radius 2 is 1.85 bits per heavy atom. The summed E-state index contributed by atoms with van der Waals surface area (Å²) in [4.78, 5) is 20.7. The molecule has 0 radical (unpaired) electrons. The average molecular weight is 360 g/mol. The van der Waals surface area contributed by atoms with E-state index in [2.05, 4.69) is 37.3 Å². The van der Waals surface area contributed by atoms with Crippen LogP contribution >= 0.6 is 0 Å². The van der Waals surface area contributed by atoms with Crippen LogP contribution in [0.3, 0.4) is 0 Å². The van der Waals surface area contributed by atoms with Crippen molar-refractivity contribution in [2.75, 3.05) is 16.8 Å². The smallest absolute Gasteiger partial charge is 0.226 e. The summed E-state index contributed by atoms with van der Waals surface area (Å²) in [6.45, 7) is 7.03. The van der Waals surface area contributed by atoms with Gasteiger partial charge in [-0.05, 0) is 63.4 Å². The highest BCUT2D eigenvalue weighted by atomic mass is 15.3. The molecule has 3 aromatic heterocycles. The molecule has 27 heavy (non-hydrogen) atoms. The van der Waals surface area contributed by atoms with Crippen LogP contribution in [0.25, 0.3) is 0 Å². The molecular weight excluding hydrogens is 336 g/mol. The fourth-order valence-corrected chi connectivity index (χ4v) is 3.58. The molecule has 1 fully saturated rings. The third-order valence-electron chi connectivity index (χ3n) is 4.88. The molecule has 0 bridgehead atoms. The van der Waals surface area contributed by atoms with E-state index in [4.69, 9.17) is 4.98 Å². The normalized spacial score (nSPS) is 16.6. The minimum atomic E-state index is 0.219. The highest BCUT2D eigenvalue weighted by Crippen LogP contribution is 2.34. The van der Waals surface area contributed by atoms with Gasteiger partial charge in [-0.1, -0.05) is 6.07 Å². The Bertz CT molecular complexity index is 917. The summed E-state index contributed by atoms with van der Waals surface area (Å²) in [5, 5.41) is 3.34. The molecule has 0 spiro atoms. The maximum absolute atomic E-state index is 4.72. The molecule has 0 aliphatic carbocycles. The van der Waals surface area contributed by atoms with Gasteiger partial charge in [-0.2, -0.15) is 0 Å². The van der Waals surface area contributed by atoms with Gasteiger partial charge in [-0.25, -0.2) is 15.0 Å². The monoisotopic (exact) mass is 360 g/mol. The molecule has 4 heterocycles. The van der Waals surface area contributed by atoms with E-state index in [0.717, 1.165) is 59.5 Å². The van der Waals surface area contributed by atoms with Crippen molar-refractivity contribution in [2.45, 2.75) is 39.7 Å². The lowest BCUT2D eigenvalue weighted by Crippen LogP contribution is -2.25. The van der Waals surface area contributed by atoms with Crippen LogP contribution in [0.4, 0.5) is 17.5 Å². The number of rotatable bonds is 4. The summed E-state index contributed by atoms with van der Waals surface area (Å²) < 4.78 is 0. The summed E-state index contributed by atoms with van der Waals surface area (Å²) in [5.74, 6) is 1.67. The van der Waals surface area contributed by atoms with E-state index in [9.17, 15) is 0 Å². The Morgan fingerprint density at radius 1 is 1.04 bits per heavy atom. The number of anilines is 3. The van der Waals surface area contributed by atoms with Crippen molar-refractivity contribution in [3.8, 4) is 0 Å². The molecule has 4 rings (SSSR count). The van der Waals surface area contributed by atoms with Crippen molar-refractivity contribution in [1.82, 2.24) is 19.9 Å². The van der Waals surface area contributed by atoms with Crippen molar-refractivity contribution in [3.05, 3.63) is 65.4 Å². The molecule has 0 unspecified atom stereocenters. The Hall–Kier alpha value is -3.02. The van der Waals surface area contributed by atoms with Crippen LogP contribution in [-0.4, -0.2) is 26.5 Å². The molecule has 3 aromatic rings. The number of nitrogens with zero attached hydrogens (tertiary/aromatic N) is 5. The molecule has 6 heteroatoms. The van der Waals surface area contributed by atoms with Gasteiger partial charge >= 0.3 is 0 Å². The van der Waals surface area contributed by atoms with Crippen LogP contribution < -0.4 is 10.2 Å². The highest BCUT2D eigenvalue weighted by molar-refractivity contribution is 5.58. The largest absolute Gasteiger partial charge is 0.339 e. The zero-order valence-electron chi connectivity index (χ0n) is 16.0. The molecule has 138 valence electrons. The predicted molar refractivity (Wildman–Crippen MR) is 107 cm³/mol. The van der Waals surface area contributed by atoms with Crippen LogP contribution in [0.2, 0.25) is 0 Å². The summed E-state index contributed by atoms with van der Waals surface area (Å²) in [6.07, 6.45) is 5.85. The fourth-order valence-electron chi connectivity index (χ4n) is 3.58. The first kappa shape index (κ1) is 17.4. The summed E-state index contributed by atoms with van der Waals surface area (Å²) >= 11 is 0. The molecule has 0 aromatic carbocycles. The summed E-state index contributed by atoms with van der Waals surface area (Å²) in [6, 6.07) is 10.4. The third-order valence-corrected chi connectivity index (χ3v) is 4.88. The van der Waals surface area contributed by atoms with E-state index < -0.39 is 0 Å². The number of nitrogens with one attached hydrogen (secondary N) is 1. The lowest BCUT2D eigenvalue weighted by molar-refractivity contribution is 0.677. The van der Waals surface area contributed by atoms with E-state index in [0.29, 0.717) is 0 Å². The predicted octanol–water partition coefficient (Wildman–Crippen LogP) is 4.28. The summed E-state index contributed by atoms with van der Waals surface area (Å²) in [5.41, 5.74) is 5.10. The quantitative estimate of drug-likeness (QED) is 0.749. The first-order valence-electron chi connectivity index (χ1n) is 9.34. The van der Waals surface area contributed by atoms with E-state index in [1.807, 2.05) is 45.2 Å². The van der Waals surface area contributed by atoms with Gasteiger partial charge in [-0.3, -0.25) is 4.98 Å². The maximum atomic E-state index is 4.72. The standard InChI is InChI=1S/C21H24N6/c1-14-6-4-10-22-20(14)26-17-8-9-18(23-13-17)19-7-5-11-27(19)21-24-15(2)12-16(3)25-21/h4,6,8-10,12-13,19H,5,7,11H2,1-3H3,(H,22,26)/t19-/m0/s1. The lowest BCUT2D eigenvalue weighted by atomic mass is 10.1. The van der Waals surface area contributed by atoms with Gasteiger partial charge in [0.2, 0.25) is 5.95 Å². The van der Waals surface area contributed by atoms with E-state index in [-0.39, 0.29) is 6.04 Å². The second-order valence-electron chi connectivity index (χ2n) is 7.07. The first-order chi connectivity index (χ1) is 13.1. The van der Waals surface area contributed by atoms with Crippen molar-refractivity contribution in [3.63, 3.8) is 0 Å². The van der Waals surface area contributed by atoms with Gasteiger partial charge in [0.25, 0.3) is 0 Å². The van der Waals surface area contributed by atoms with E-state index in [1.54, 1.807) is 6.20 Å². The van der Waals surface area contributed by atoms with Gasteiger partial charge < -0.3 is 10.2 Å². The van der Waals surface area contributed by atoms with Crippen LogP contribution in [0, 0.1) is 20.8 Å². The van der Waals surface area contributed by atoms with E-state index >= 15 is 0 Å². The SMILES string of the molecule is Cc1cc(C)nc(N2CCC[C@H]2c2ccc(Nc3ncccc3C)cn2)n1. The van der Waals surface area contributed by atoms with Crippen molar-refractivity contribution in [2.24, 2.45) is 0 Å². The highest BCUT2D eigenvalue weighted by Gasteiger charge is 2.29. The Labute approximate surface area is 159 Å². The molecule has 1 saturated heterocycles. The number of aryl methyl sites for hydroxylation is 3. The number of aromatic nitrogens is 4. The number of hydrogen-bond acceptors (Lipinski definition) is 6. The van der Waals surface area contributed by atoms with Crippen LogP contribution in [0.15, 0.2) is 42.7 Å². The Morgan fingerprint density at radius 3 is 2.56 bits per heavy atom.